The number of rotatable bonds is 7. The Bertz CT molecular complexity index is 475. The standard InChI is InChI=1S/C14H18F4N2O/c15-12-6-5-10(14(16,17)18)9-11(12)13(21)20-8-4-2-1-3-7-19/h5-6,9H,1-4,7-8,19H2,(H,20,21). The number of hydrogen-bond donors (Lipinski definition) is 2. The molecule has 0 atom stereocenters. The molecule has 0 spiro atoms. The molecule has 0 fully saturated rings. The highest BCUT2D eigenvalue weighted by atomic mass is 19.4. The van der Waals surface area contributed by atoms with E-state index in [9.17, 15) is 22.4 Å². The van der Waals surface area contributed by atoms with Crippen molar-refractivity contribution in [3.05, 3.63) is 35.1 Å². The number of nitrogens with two attached hydrogens (primary N) is 1. The molecule has 0 saturated heterocycles. The summed E-state index contributed by atoms with van der Waals surface area (Å²) in [7, 11) is 0. The molecular weight excluding hydrogens is 288 g/mol. The highest BCUT2D eigenvalue weighted by molar-refractivity contribution is 5.94. The van der Waals surface area contributed by atoms with Crippen LogP contribution in [0.2, 0.25) is 0 Å². The average Bonchev–Trinajstić information content (AvgIpc) is 2.41. The van der Waals surface area contributed by atoms with Gasteiger partial charge in [-0.25, -0.2) is 4.39 Å². The Kier molecular flexibility index (Phi) is 6.61. The summed E-state index contributed by atoms with van der Waals surface area (Å²) in [5.41, 5.74) is 3.69. The third-order valence-corrected chi connectivity index (χ3v) is 2.95. The zero-order valence-electron chi connectivity index (χ0n) is 11.5. The Morgan fingerprint density at radius 2 is 1.81 bits per heavy atom. The molecule has 21 heavy (non-hydrogen) atoms. The van der Waals surface area contributed by atoms with Crippen LogP contribution < -0.4 is 11.1 Å². The molecule has 3 nitrogen and oxygen atoms in total. The van der Waals surface area contributed by atoms with Crippen molar-refractivity contribution in [2.75, 3.05) is 13.1 Å². The van der Waals surface area contributed by atoms with Crippen molar-refractivity contribution in [3.8, 4) is 0 Å². The molecule has 0 saturated carbocycles. The van der Waals surface area contributed by atoms with E-state index in [1.807, 2.05) is 0 Å². The minimum atomic E-state index is -4.61. The maximum Gasteiger partial charge on any atom is 0.416 e. The van der Waals surface area contributed by atoms with Crippen LogP contribution in [-0.2, 0) is 6.18 Å². The Balaban J connectivity index is 2.57. The molecule has 0 aliphatic carbocycles. The highest BCUT2D eigenvalue weighted by Gasteiger charge is 2.31. The Morgan fingerprint density at radius 1 is 1.14 bits per heavy atom. The number of nitrogens with one attached hydrogen (secondary N) is 1. The molecule has 0 aliphatic heterocycles. The number of carbonyl (C=O) groups excluding carboxylic acids is 1. The molecule has 1 aromatic rings. The highest BCUT2D eigenvalue weighted by Crippen LogP contribution is 2.30. The van der Waals surface area contributed by atoms with Gasteiger partial charge in [0.05, 0.1) is 11.1 Å². The predicted octanol–water partition coefficient (Wildman–Crippen LogP) is 3.09. The van der Waals surface area contributed by atoms with Gasteiger partial charge in [-0.15, -0.1) is 0 Å². The summed E-state index contributed by atoms with van der Waals surface area (Å²) in [5.74, 6) is -1.80. The van der Waals surface area contributed by atoms with Crippen LogP contribution in [0.4, 0.5) is 17.6 Å². The Labute approximate surface area is 120 Å². The monoisotopic (exact) mass is 306 g/mol. The fraction of sp³-hybridized carbons (Fsp3) is 0.500. The van der Waals surface area contributed by atoms with Crippen LogP contribution >= 0.6 is 0 Å². The van der Waals surface area contributed by atoms with Crippen LogP contribution in [0.15, 0.2) is 18.2 Å². The van der Waals surface area contributed by atoms with Crippen molar-refractivity contribution in [2.45, 2.75) is 31.9 Å². The van der Waals surface area contributed by atoms with E-state index in [-0.39, 0.29) is 0 Å². The molecule has 0 aliphatic rings. The van der Waals surface area contributed by atoms with E-state index >= 15 is 0 Å². The van der Waals surface area contributed by atoms with Gasteiger partial charge in [-0.2, -0.15) is 13.2 Å². The van der Waals surface area contributed by atoms with Crippen LogP contribution in [-0.4, -0.2) is 19.0 Å². The van der Waals surface area contributed by atoms with Crippen molar-refractivity contribution in [3.63, 3.8) is 0 Å². The van der Waals surface area contributed by atoms with Gasteiger partial charge in [-0.05, 0) is 37.6 Å². The van der Waals surface area contributed by atoms with Crippen LogP contribution in [0.3, 0.4) is 0 Å². The minimum Gasteiger partial charge on any atom is -0.352 e. The molecule has 0 bridgehead atoms. The predicted molar refractivity (Wildman–Crippen MR) is 71.3 cm³/mol. The van der Waals surface area contributed by atoms with Crippen molar-refractivity contribution in [1.29, 1.82) is 0 Å². The summed E-state index contributed by atoms with van der Waals surface area (Å²) in [6, 6.07) is 1.79. The molecule has 118 valence electrons. The molecule has 0 radical (unpaired) electrons. The third kappa shape index (κ3) is 5.71. The number of hydrogen-bond acceptors (Lipinski definition) is 2. The van der Waals surface area contributed by atoms with Crippen molar-refractivity contribution in [2.24, 2.45) is 5.73 Å². The van der Waals surface area contributed by atoms with Gasteiger partial charge in [0, 0.05) is 6.54 Å². The van der Waals surface area contributed by atoms with Gasteiger partial charge in [0.2, 0.25) is 0 Å². The maximum absolute atomic E-state index is 13.4. The largest absolute Gasteiger partial charge is 0.416 e. The average molecular weight is 306 g/mol. The number of benzene rings is 1. The molecule has 1 aromatic carbocycles. The fourth-order valence-electron chi connectivity index (χ4n) is 1.80. The van der Waals surface area contributed by atoms with Crippen molar-refractivity contribution in [1.82, 2.24) is 5.32 Å². The number of amides is 1. The minimum absolute atomic E-state index is 0.291. The Hall–Kier alpha value is -1.63. The molecular formula is C14H18F4N2O. The summed E-state index contributed by atoms with van der Waals surface area (Å²) in [6.07, 6.45) is -1.28. The van der Waals surface area contributed by atoms with Gasteiger partial charge in [0.1, 0.15) is 5.82 Å². The third-order valence-electron chi connectivity index (χ3n) is 2.95. The molecule has 3 N–H and O–H groups in total. The lowest BCUT2D eigenvalue weighted by Crippen LogP contribution is -2.26. The molecule has 0 heterocycles. The molecule has 1 rings (SSSR count). The van der Waals surface area contributed by atoms with Crippen LogP contribution in [0.5, 0.6) is 0 Å². The first kappa shape index (κ1) is 17.4. The molecule has 1 amide bonds. The van der Waals surface area contributed by atoms with E-state index in [1.54, 1.807) is 0 Å². The lowest BCUT2D eigenvalue weighted by molar-refractivity contribution is -0.137. The molecule has 0 aromatic heterocycles. The van der Waals surface area contributed by atoms with Gasteiger partial charge in [-0.1, -0.05) is 12.8 Å². The zero-order valence-corrected chi connectivity index (χ0v) is 11.5. The van der Waals surface area contributed by atoms with Crippen molar-refractivity contribution < 1.29 is 22.4 Å². The Morgan fingerprint density at radius 3 is 2.43 bits per heavy atom. The van der Waals surface area contributed by atoms with Gasteiger partial charge < -0.3 is 11.1 Å². The maximum atomic E-state index is 13.4. The van der Waals surface area contributed by atoms with Crippen LogP contribution in [0.25, 0.3) is 0 Å². The van der Waals surface area contributed by atoms with E-state index < -0.39 is 29.0 Å². The summed E-state index contributed by atoms with van der Waals surface area (Å²) in [5, 5.41) is 2.42. The fourth-order valence-corrected chi connectivity index (χ4v) is 1.80. The number of halogens is 4. The van der Waals surface area contributed by atoms with E-state index in [4.69, 9.17) is 5.73 Å². The van der Waals surface area contributed by atoms with E-state index in [1.165, 1.54) is 0 Å². The van der Waals surface area contributed by atoms with E-state index in [0.717, 1.165) is 19.3 Å². The first-order valence-corrected chi connectivity index (χ1v) is 6.71. The summed E-state index contributed by atoms with van der Waals surface area (Å²) in [4.78, 5) is 11.7. The first-order chi connectivity index (χ1) is 9.86. The van der Waals surface area contributed by atoms with Gasteiger partial charge in [0.25, 0.3) is 5.91 Å². The zero-order chi connectivity index (χ0) is 15.9. The quantitative estimate of drug-likeness (QED) is 0.601. The smallest absolute Gasteiger partial charge is 0.352 e. The molecule has 0 unspecified atom stereocenters. The van der Waals surface area contributed by atoms with E-state index in [2.05, 4.69) is 5.32 Å². The summed E-state index contributed by atoms with van der Waals surface area (Å²) < 4.78 is 51.0. The summed E-state index contributed by atoms with van der Waals surface area (Å²) >= 11 is 0. The second kappa shape index (κ2) is 7.97. The number of unbranched alkanes of at least 4 members (excludes halogenated alkanes) is 3. The number of alkyl halides is 3. The van der Waals surface area contributed by atoms with Crippen LogP contribution in [0.1, 0.15) is 41.6 Å². The molecule has 7 heteroatoms. The van der Waals surface area contributed by atoms with Gasteiger partial charge in [-0.3, -0.25) is 4.79 Å². The topological polar surface area (TPSA) is 55.1 Å². The van der Waals surface area contributed by atoms with E-state index in [0.29, 0.717) is 37.7 Å². The second-order valence-electron chi connectivity index (χ2n) is 4.65. The SMILES string of the molecule is NCCCCCCNC(=O)c1cc(C(F)(F)F)ccc1F. The second-order valence-corrected chi connectivity index (χ2v) is 4.65. The first-order valence-electron chi connectivity index (χ1n) is 6.71. The van der Waals surface area contributed by atoms with Gasteiger partial charge in [0.15, 0.2) is 0 Å². The number of carbonyl (C=O) groups is 1. The summed E-state index contributed by atoms with van der Waals surface area (Å²) in [6.45, 7) is 0.890. The normalized spacial score (nSPS) is 11.5. The lowest BCUT2D eigenvalue weighted by Gasteiger charge is -2.10. The van der Waals surface area contributed by atoms with Gasteiger partial charge >= 0.3 is 6.18 Å². The van der Waals surface area contributed by atoms with Crippen molar-refractivity contribution >= 4 is 5.91 Å². The lowest BCUT2D eigenvalue weighted by atomic mass is 10.1. The van der Waals surface area contributed by atoms with Crippen LogP contribution in [0, 0.1) is 5.82 Å².